The van der Waals surface area contributed by atoms with Crippen LogP contribution in [0.3, 0.4) is 0 Å². The summed E-state index contributed by atoms with van der Waals surface area (Å²) in [6.45, 7) is 0.610. The monoisotopic (exact) mass is 178 g/mol. The van der Waals surface area contributed by atoms with E-state index in [1.165, 1.54) is 0 Å². The van der Waals surface area contributed by atoms with Crippen LogP contribution in [0.2, 0.25) is 0 Å². The quantitative estimate of drug-likeness (QED) is 0.632. The largest absolute Gasteiger partial charge is 0.489 e. The van der Waals surface area contributed by atoms with Crippen LogP contribution in [0.1, 0.15) is 16.9 Å². The van der Waals surface area contributed by atoms with E-state index in [9.17, 15) is 4.79 Å². The Bertz CT molecular complexity index is 365. The van der Waals surface area contributed by atoms with Crippen molar-refractivity contribution < 1.29 is 9.53 Å². The van der Waals surface area contributed by atoms with E-state index in [0.717, 1.165) is 6.42 Å². The number of hydrogen-bond donors (Lipinski definition) is 0. The Labute approximate surface area is 75.8 Å². The smallest absolute Gasteiger partial charge is 0.245 e. The number of carbonyl (C=O) groups is 1. The lowest BCUT2D eigenvalue weighted by Gasteiger charge is -2.02. The fraction of sp³-hybridized carbons (Fsp3) is 0.333. The van der Waals surface area contributed by atoms with Gasteiger partial charge in [-0.3, -0.25) is 4.79 Å². The minimum atomic E-state index is -0.0856. The molecule has 0 aliphatic carbocycles. The van der Waals surface area contributed by atoms with E-state index >= 15 is 0 Å². The van der Waals surface area contributed by atoms with Gasteiger partial charge in [-0.2, -0.15) is 0 Å². The van der Waals surface area contributed by atoms with Crippen molar-refractivity contribution in [1.82, 2.24) is 9.55 Å². The van der Waals surface area contributed by atoms with Crippen molar-refractivity contribution in [1.29, 1.82) is 0 Å². The van der Waals surface area contributed by atoms with Crippen LogP contribution in [0.5, 0.6) is 0 Å². The first kappa shape index (κ1) is 8.04. The van der Waals surface area contributed by atoms with Crippen LogP contribution >= 0.6 is 0 Å². The van der Waals surface area contributed by atoms with Gasteiger partial charge in [-0.1, -0.05) is 0 Å². The van der Waals surface area contributed by atoms with E-state index in [0.29, 0.717) is 18.1 Å². The molecular weight excluding hydrogens is 168 g/mol. The molecule has 0 atom stereocenters. The van der Waals surface area contributed by atoms with Crippen molar-refractivity contribution in [2.45, 2.75) is 6.42 Å². The summed E-state index contributed by atoms with van der Waals surface area (Å²) in [5, 5.41) is 0. The molecule has 68 valence electrons. The van der Waals surface area contributed by atoms with Gasteiger partial charge in [-0.25, -0.2) is 4.98 Å². The first-order valence-electron chi connectivity index (χ1n) is 4.13. The molecule has 4 heteroatoms. The van der Waals surface area contributed by atoms with Crippen molar-refractivity contribution in [3.63, 3.8) is 0 Å². The summed E-state index contributed by atoms with van der Waals surface area (Å²) >= 11 is 0. The third kappa shape index (κ3) is 1.35. The molecule has 0 radical (unpaired) electrons. The van der Waals surface area contributed by atoms with Crippen LogP contribution in [-0.4, -0.2) is 21.9 Å². The molecule has 4 nitrogen and oxygen atoms in total. The standard InChI is InChI=1S/C9H10N2O2/c1-11-6-10-5-7(11)9(12)8-3-2-4-13-8/h3,5-6H,2,4H2,1H3. The molecule has 0 saturated heterocycles. The second-order valence-electron chi connectivity index (χ2n) is 2.92. The first-order valence-corrected chi connectivity index (χ1v) is 4.13. The predicted molar refractivity (Wildman–Crippen MR) is 46.2 cm³/mol. The fourth-order valence-electron chi connectivity index (χ4n) is 1.28. The Hall–Kier alpha value is -1.58. The highest BCUT2D eigenvalue weighted by atomic mass is 16.5. The molecule has 0 fully saturated rings. The number of nitrogens with zero attached hydrogens (tertiary/aromatic N) is 2. The molecule has 1 aliphatic heterocycles. The van der Waals surface area contributed by atoms with E-state index in [2.05, 4.69) is 4.98 Å². The summed E-state index contributed by atoms with van der Waals surface area (Å²) in [4.78, 5) is 15.5. The van der Waals surface area contributed by atoms with Crippen LogP contribution < -0.4 is 0 Å². The molecule has 0 spiro atoms. The van der Waals surface area contributed by atoms with Gasteiger partial charge in [0.15, 0.2) is 5.76 Å². The molecule has 2 rings (SSSR count). The van der Waals surface area contributed by atoms with E-state index in [-0.39, 0.29) is 5.78 Å². The molecule has 0 N–H and O–H groups in total. The van der Waals surface area contributed by atoms with Gasteiger partial charge in [0.05, 0.1) is 19.1 Å². The van der Waals surface area contributed by atoms with E-state index in [4.69, 9.17) is 4.74 Å². The SMILES string of the molecule is Cn1cncc1C(=O)C1=CCCO1. The molecule has 2 heterocycles. The van der Waals surface area contributed by atoms with E-state index < -0.39 is 0 Å². The summed E-state index contributed by atoms with van der Waals surface area (Å²) < 4.78 is 6.85. The van der Waals surface area contributed by atoms with Gasteiger partial charge in [0, 0.05) is 13.5 Å². The maximum absolute atomic E-state index is 11.7. The lowest BCUT2D eigenvalue weighted by Crippen LogP contribution is -2.08. The summed E-state index contributed by atoms with van der Waals surface area (Å²) in [6.07, 6.45) is 5.78. The fourth-order valence-corrected chi connectivity index (χ4v) is 1.28. The number of hydrogen-bond acceptors (Lipinski definition) is 3. The predicted octanol–water partition coefficient (Wildman–Crippen LogP) is 0.907. The normalized spacial score (nSPS) is 15.3. The number of aromatic nitrogens is 2. The molecule has 0 saturated carbocycles. The molecular formula is C9H10N2O2. The number of imidazole rings is 1. The van der Waals surface area contributed by atoms with Crippen molar-refractivity contribution >= 4 is 5.78 Å². The minimum absolute atomic E-state index is 0.0856. The number of ether oxygens (including phenoxy) is 1. The summed E-state index contributed by atoms with van der Waals surface area (Å²) in [6, 6.07) is 0. The zero-order chi connectivity index (χ0) is 9.26. The number of Topliss-reactive ketones (excluding diaryl/α,β-unsaturated/α-hetero) is 1. The average Bonchev–Trinajstić information content (AvgIpc) is 2.72. The van der Waals surface area contributed by atoms with Crippen LogP contribution in [0.4, 0.5) is 0 Å². The van der Waals surface area contributed by atoms with Crippen LogP contribution in [0.15, 0.2) is 24.4 Å². The van der Waals surface area contributed by atoms with Gasteiger partial charge in [0.2, 0.25) is 5.78 Å². The zero-order valence-corrected chi connectivity index (χ0v) is 7.36. The van der Waals surface area contributed by atoms with Crippen LogP contribution in [0, 0.1) is 0 Å². The zero-order valence-electron chi connectivity index (χ0n) is 7.36. The molecule has 13 heavy (non-hydrogen) atoms. The molecule has 1 aromatic heterocycles. The maximum Gasteiger partial charge on any atom is 0.245 e. The van der Waals surface area contributed by atoms with Gasteiger partial charge in [-0.15, -0.1) is 0 Å². The van der Waals surface area contributed by atoms with Crippen LogP contribution in [0.25, 0.3) is 0 Å². The second-order valence-corrected chi connectivity index (χ2v) is 2.92. The number of carbonyl (C=O) groups excluding carboxylic acids is 1. The highest BCUT2D eigenvalue weighted by molar-refractivity contribution is 6.06. The third-order valence-electron chi connectivity index (χ3n) is 1.98. The summed E-state index contributed by atoms with van der Waals surface area (Å²) in [7, 11) is 1.79. The molecule has 0 bridgehead atoms. The second kappa shape index (κ2) is 3.05. The highest BCUT2D eigenvalue weighted by Crippen LogP contribution is 2.14. The number of allylic oxidation sites excluding steroid dienone is 1. The van der Waals surface area contributed by atoms with E-state index in [1.54, 1.807) is 24.1 Å². The number of aryl methyl sites for hydroxylation is 1. The summed E-state index contributed by atoms with van der Waals surface area (Å²) in [5.41, 5.74) is 0.563. The van der Waals surface area contributed by atoms with Crippen molar-refractivity contribution in [2.75, 3.05) is 6.61 Å². The van der Waals surface area contributed by atoms with Gasteiger partial charge >= 0.3 is 0 Å². The van der Waals surface area contributed by atoms with Gasteiger partial charge in [0.1, 0.15) is 5.69 Å². The Morgan fingerprint density at radius 1 is 1.69 bits per heavy atom. The minimum Gasteiger partial charge on any atom is -0.489 e. The average molecular weight is 178 g/mol. The molecule has 0 aromatic carbocycles. The highest BCUT2D eigenvalue weighted by Gasteiger charge is 2.19. The van der Waals surface area contributed by atoms with E-state index in [1.807, 2.05) is 6.08 Å². The molecule has 1 aromatic rings. The Morgan fingerprint density at radius 2 is 2.54 bits per heavy atom. The lowest BCUT2D eigenvalue weighted by molar-refractivity contribution is 0.0934. The first-order chi connectivity index (χ1) is 6.29. The van der Waals surface area contributed by atoms with Crippen LogP contribution in [-0.2, 0) is 11.8 Å². The van der Waals surface area contributed by atoms with Gasteiger partial charge in [-0.05, 0) is 6.08 Å². The molecule has 0 unspecified atom stereocenters. The summed E-state index contributed by atoms with van der Waals surface area (Å²) in [5.74, 6) is 0.362. The number of rotatable bonds is 2. The van der Waals surface area contributed by atoms with Crippen molar-refractivity contribution in [2.24, 2.45) is 7.05 Å². The maximum atomic E-state index is 11.7. The topological polar surface area (TPSA) is 44.1 Å². The molecule has 1 aliphatic rings. The van der Waals surface area contributed by atoms with Gasteiger partial charge in [0.25, 0.3) is 0 Å². The third-order valence-corrected chi connectivity index (χ3v) is 1.98. The number of ketones is 1. The van der Waals surface area contributed by atoms with Crippen molar-refractivity contribution in [3.05, 3.63) is 30.1 Å². The van der Waals surface area contributed by atoms with Crippen molar-refractivity contribution in [3.8, 4) is 0 Å². The molecule has 0 amide bonds. The lowest BCUT2D eigenvalue weighted by atomic mass is 10.2. The Balaban J connectivity index is 2.27. The Kier molecular flexibility index (Phi) is 1.88. The van der Waals surface area contributed by atoms with Gasteiger partial charge < -0.3 is 9.30 Å². The Morgan fingerprint density at radius 3 is 3.08 bits per heavy atom.